The van der Waals surface area contributed by atoms with Crippen LogP contribution in [0, 0.1) is 0 Å². The highest BCUT2D eigenvalue weighted by atomic mass is 35.5. The fourth-order valence-corrected chi connectivity index (χ4v) is 2.96. The summed E-state index contributed by atoms with van der Waals surface area (Å²) in [6, 6.07) is 2.06. The van der Waals surface area contributed by atoms with Gasteiger partial charge in [-0.3, -0.25) is 4.79 Å². The molecule has 0 fully saturated rings. The van der Waals surface area contributed by atoms with Gasteiger partial charge in [0.15, 0.2) is 0 Å². The summed E-state index contributed by atoms with van der Waals surface area (Å²) in [4.78, 5) is 14.9. The molecule has 0 unspecified atom stereocenters. The topological polar surface area (TPSA) is 46.3 Å². The predicted molar refractivity (Wildman–Crippen MR) is 70.3 cm³/mol. The van der Waals surface area contributed by atoms with Crippen LogP contribution in [0.1, 0.15) is 23.8 Å². The third-order valence-corrected chi connectivity index (χ3v) is 3.90. The van der Waals surface area contributed by atoms with Crippen LogP contribution in [-0.4, -0.2) is 23.9 Å². The summed E-state index contributed by atoms with van der Waals surface area (Å²) >= 11 is 1.66. The molecule has 0 bridgehead atoms. The molecule has 0 spiro atoms. The van der Waals surface area contributed by atoms with Crippen LogP contribution in [0.3, 0.4) is 0 Å². The van der Waals surface area contributed by atoms with Gasteiger partial charge in [-0.15, -0.1) is 23.7 Å². The van der Waals surface area contributed by atoms with Crippen LogP contribution in [0.4, 0.5) is 5.00 Å². The molecule has 1 amide bonds. The van der Waals surface area contributed by atoms with E-state index in [4.69, 9.17) is 5.73 Å². The molecule has 3 nitrogen and oxygen atoms in total. The van der Waals surface area contributed by atoms with Crippen LogP contribution in [-0.2, 0) is 17.6 Å². The van der Waals surface area contributed by atoms with E-state index in [1.807, 2.05) is 11.8 Å². The zero-order valence-corrected chi connectivity index (χ0v) is 11.0. The maximum Gasteiger partial charge on any atom is 0.222 e. The lowest BCUT2D eigenvalue weighted by molar-refractivity contribution is -0.130. The van der Waals surface area contributed by atoms with Crippen molar-refractivity contribution >= 4 is 34.7 Å². The number of amides is 1. The Labute approximate surface area is 106 Å². The van der Waals surface area contributed by atoms with Crippen LogP contribution in [0.5, 0.6) is 0 Å². The van der Waals surface area contributed by atoms with E-state index in [2.05, 4.69) is 6.07 Å². The molecule has 1 aliphatic heterocycles. The van der Waals surface area contributed by atoms with Crippen molar-refractivity contribution in [1.82, 2.24) is 4.90 Å². The lowest BCUT2D eigenvalue weighted by atomic mass is 10.2. The number of fused-ring (bicyclic) bond motifs is 1. The van der Waals surface area contributed by atoms with Crippen molar-refractivity contribution in [3.8, 4) is 0 Å². The monoisotopic (exact) mass is 260 g/mol. The standard InChI is InChI=1S/C11H16N2OS.ClH/c1-2-11(14)13-5-3-8-7-10(12)15-9(8)4-6-13;/h7H,2-6,12H2,1H3;1H. The Hall–Kier alpha value is -0.740. The minimum atomic E-state index is 0. The molecule has 2 N–H and O–H groups in total. The maximum absolute atomic E-state index is 11.6. The Morgan fingerprint density at radius 3 is 2.88 bits per heavy atom. The number of hydrogen-bond donors (Lipinski definition) is 1. The van der Waals surface area contributed by atoms with E-state index in [0.717, 1.165) is 30.9 Å². The molecule has 0 atom stereocenters. The Balaban J connectivity index is 0.00000128. The molecule has 0 aliphatic carbocycles. The summed E-state index contributed by atoms with van der Waals surface area (Å²) in [6.07, 6.45) is 2.52. The minimum absolute atomic E-state index is 0. The van der Waals surface area contributed by atoms with Crippen LogP contribution in [0.25, 0.3) is 0 Å². The minimum Gasteiger partial charge on any atom is -0.391 e. The van der Waals surface area contributed by atoms with Gasteiger partial charge in [-0.25, -0.2) is 0 Å². The second-order valence-corrected chi connectivity index (χ2v) is 5.00. The third-order valence-electron chi connectivity index (χ3n) is 2.83. The molecule has 1 aromatic heterocycles. The summed E-state index contributed by atoms with van der Waals surface area (Å²) in [5, 5.41) is 0.898. The van der Waals surface area contributed by atoms with Gasteiger partial charge in [0.1, 0.15) is 0 Å². The quantitative estimate of drug-likeness (QED) is 0.841. The van der Waals surface area contributed by atoms with E-state index in [0.29, 0.717) is 6.42 Å². The fourth-order valence-electron chi connectivity index (χ4n) is 1.99. The van der Waals surface area contributed by atoms with E-state index in [-0.39, 0.29) is 18.3 Å². The highest BCUT2D eigenvalue weighted by Crippen LogP contribution is 2.27. The zero-order valence-electron chi connectivity index (χ0n) is 9.36. The van der Waals surface area contributed by atoms with Gasteiger partial charge in [-0.05, 0) is 24.5 Å². The number of rotatable bonds is 1. The summed E-state index contributed by atoms with van der Waals surface area (Å²) < 4.78 is 0. The lowest BCUT2D eigenvalue weighted by Crippen LogP contribution is -2.32. The number of nitrogen functional groups attached to an aromatic ring is 1. The van der Waals surface area contributed by atoms with Crippen molar-refractivity contribution < 1.29 is 4.79 Å². The van der Waals surface area contributed by atoms with Crippen LogP contribution in [0.15, 0.2) is 6.07 Å². The van der Waals surface area contributed by atoms with Crippen LogP contribution < -0.4 is 5.73 Å². The lowest BCUT2D eigenvalue weighted by Gasteiger charge is -2.19. The normalized spacial score (nSPS) is 14.9. The largest absolute Gasteiger partial charge is 0.391 e. The number of carbonyl (C=O) groups is 1. The van der Waals surface area contributed by atoms with Crippen molar-refractivity contribution in [2.24, 2.45) is 0 Å². The molecule has 90 valence electrons. The van der Waals surface area contributed by atoms with Gasteiger partial charge in [-0.2, -0.15) is 0 Å². The van der Waals surface area contributed by atoms with Crippen molar-refractivity contribution in [2.75, 3.05) is 18.8 Å². The second kappa shape index (κ2) is 5.55. The summed E-state index contributed by atoms with van der Waals surface area (Å²) in [7, 11) is 0. The van der Waals surface area contributed by atoms with E-state index in [1.54, 1.807) is 11.3 Å². The van der Waals surface area contributed by atoms with Crippen molar-refractivity contribution in [3.63, 3.8) is 0 Å². The molecular weight excluding hydrogens is 244 g/mol. The van der Waals surface area contributed by atoms with Gasteiger partial charge < -0.3 is 10.6 Å². The Morgan fingerprint density at radius 2 is 2.19 bits per heavy atom. The first-order chi connectivity index (χ1) is 7.20. The first-order valence-electron chi connectivity index (χ1n) is 5.35. The smallest absolute Gasteiger partial charge is 0.222 e. The van der Waals surface area contributed by atoms with Crippen LogP contribution in [0.2, 0.25) is 0 Å². The Bertz CT molecular complexity index is 353. The maximum atomic E-state index is 11.6. The van der Waals surface area contributed by atoms with Crippen molar-refractivity contribution in [2.45, 2.75) is 26.2 Å². The molecular formula is C11H17ClN2OS. The Morgan fingerprint density at radius 1 is 1.50 bits per heavy atom. The average molecular weight is 261 g/mol. The molecule has 1 aromatic rings. The third kappa shape index (κ3) is 2.68. The van der Waals surface area contributed by atoms with Gasteiger partial charge in [0, 0.05) is 24.4 Å². The molecule has 5 heteroatoms. The first kappa shape index (κ1) is 13.3. The number of halogens is 1. The van der Waals surface area contributed by atoms with Gasteiger partial charge in [0.2, 0.25) is 5.91 Å². The van der Waals surface area contributed by atoms with Gasteiger partial charge in [0.25, 0.3) is 0 Å². The number of thiophene rings is 1. The molecule has 0 saturated carbocycles. The van der Waals surface area contributed by atoms with E-state index >= 15 is 0 Å². The number of anilines is 1. The molecule has 0 radical (unpaired) electrons. The van der Waals surface area contributed by atoms with Crippen molar-refractivity contribution in [3.05, 3.63) is 16.5 Å². The predicted octanol–water partition coefficient (Wildman–Crippen LogP) is 2.09. The summed E-state index contributed by atoms with van der Waals surface area (Å²) in [5.74, 6) is 0.262. The van der Waals surface area contributed by atoms with Crippen LogP contribution >= 0.6 is 23.7 Å². The first-order valence-corrected chi connectivity index (χ1v) is 6.17. The molecule has 0 saturated heterocycles. The van der Waals surface area contributed by atoms with Gasteiger partial charge in [-0.1, -0.05) is 6.92 Å². The average Bonchev–Trinajstić information content (AvgIpc) is 2.47. The van der Waals surface area contributed by atoms with E-state index in [9.17, 15) is 4.79 Å². The van der Waals surface area contributed by atoms with Gasteiger partial charge >= 0.3 is 0 Å². The zero-order chi connectivity index (χ0) is 10.8. The van der Waals surface area contributed by atoms with E-state index < -0.39 is 0 Å². The molecule has 2 heterocycles. The summed E-state index contributed by atoms with van der Waals surface area (Å²) in [6.45, 7) is 3.61. The molecule has 16 heavy (non-hydrogen) atoms. The molecule has 1 aliphatic rings. The second-order valence-electron chi connectivity index (χ2n) is 3.83. The highest BCUT2D eigenvalue weighted by Gasteiger charge is 2.18. The van der Waals surface area contributed by atoms with E-state index in [1.165, 1.54) is 10.4 Å². The molecule has 0 aromatic carbocycles. The fraction of sp³-hybridized carbons (Fsp3) is 0.545. The highest BCUT2D eigenvalue weighted by molar-refractivity contribution is 7.16. The molecule has 2 rings (SSSR count). The number of hydrogen-bond acceptors (Lipinski definition) is 3. The SMILES string of the molecule is CCC(=O)N1CCc2cc(N)sc2CC1.Cl. The number of carbonyl (C=O) groups excluding carboxylic acids is 1. The Kier molecular flexibility index (Phi) is 4.62. The van der Waals surface area contributed by atoms with Crippen molar-refractivity contribution in [1.29, 1.82) is 0 Å². The number of nitrogens with two attached hydrogens (primary N) is 1. The summed E-state index contributed by atoms with van der Waals surface area (Å²) in [5.41, 5.74) is 7.10. The van der Waals surface area contributed by atoms with Gasteiger partial charge in [0.05, 0.1) is 5.00 Å². The number of nitrogens with zero attached hydrogens (tertiary/aromatic N) is 1.